The van der Waals surface area contributed by atoms with Crippen molar-refractivity contribution in [3.63, 3.8) is 0 Å². The molecular formula is C17H25FN2O3. The topological polar surface area (TPSA) is 58.6 Å². The Hall–Kier alpha value is -2.11. The predicted molar refractivity (Wildman–Crippen MR) is 86.7 cm³/mol. The second-order valence-electron chi connectivity index (χ2n) is 6.13. The lowest BCUT2D eigenvalue weighted by Gasteiger charge is -2.23. The number of carbonyl (C=O) groups is 2. The largest absolute Gasteiger partial charge is 0.494 e. The number of nitrogens with one attached hydrogen (secondary N) is 1. The lowest BCUT2D eigenvalue weighted by Crippen LogP contribution is -2.47. The van der Waals surface area contributed by atoms with Gasteiger partial charge in [0.2, 0.25) is 11.8 Å². The number of nitrogens with zero attached hydrogens (tertiary/aromatic N) is 1. The molecule has 128 valence electrons. The number of amides is 2. The van der Waals surface area contributed by atoms with Crippen LogP contribution in [0.15, 0.2) is 18.2 Å². The van der Waals surface area contributed by atoms with Gasteiger partial charge in [0.25, 0.3) is 0 Å². The molecule has 0 saturated heterocycles. The van der Waals surface area contributed by atoms with Crippen LogP contribution in [-0.2, 0) is 16.0 Å². The highest BCUT2D eigenvalue weighted by atomic mass is 19.1. The summed E-state index contributed by atoms with van der Waals surface area (Å²) in [6.45, 7) is 3.97. The molecule has 5 nitrogen and oxygen atoms in total. The maximum Gasteiger partial charge on any atom is 0.244 e. The minimum absolute atomic E-state index is 0.0101. The second kappa shape index (κ2) is 8.50. The van der Waals surface area contributed by atoms with Gasteiger partial charge in [-0.3, -0.25) is 9.59 Å². The van der Waals surface area contributed by atoms with E-state index in [0.29, 0.717) is 12.0 Å². The quantitative estimate of drug-likeness (QED) is 0.834. The van der Waals surface area contributed by atoms with Crippen molar-refractivity contribution in [1.82, 2.24) is 10.2 Å². The van der Waals surface area contributed by atoms with Crippen molar-refractivity contribution in [3.8, 4) is 5.75 Å². The van der Waals surface area contributed by atoms with Gasteiger partial charge in [-0.15, -0.1) is 0 Å². The van der Waals surface area contributed by atoms with Crippen LogP contribution >= 0.6 is 0 Å². The number of rotatable bonds is 7. The maximum atomic E-state index is 13.7. The third-order valence-electron chi connectivity index (χ3n) is 3.36. The monoisotopic (exact) mass is 324 g/mol. The van der Waals surface area contributed by atoms with Gasteiger partial charge >= 0.3 is 0 Å². The van der Waals surface area contributed by atoms with E-state index in [2.05, 4.69) is 5.32 Å². The van der Waals surface area contributed by atoms with E-state index in [1.165, 1.54) is 24.1 Å². The molecule has 0 spiro atoms. The minimum atomic E-state index is -0.569. The third kappa shape index (κ3) is 5.88. The molecule has 1 aromatic carbocycles. The van der Waals surface area contributed by atoms with Crippen LogP contribution in [0, 0.1) is 11.7 Å². The number of methoxy groups -OCH3 is 1. The summed E-state index contributed by atoms with van der Waals surface area (Å²) < 4.78 is 18.5. The van der Waals surface area contributed by atoms with E-state index in [9.17, 15) is 14.0 Å². The van der Waals surface area contributed by atoms with Crippen molar-refractivity contribution in [2.24, 2.45) is 5.92 Å². The first-order valence-corrected chi connectivity index (χ1v) is 7.57. The Morgan fingerprint density at radius 1 is 1.30 bits per heavy atom. The molecule has 2 amide bonds. The normalized spacial score (nSPS) is 12.0. The summed E-state index contributed by atoms with van der Waals surface area (Å²) in [6, 6.07) is 3.81. The average Bonchev–Trinajstić information content (AvgIpc) is 2.45. The van der Waals surface area contributed by atoms with Gasteiger partial charge in [-0.1, -0.05) is 19.9 Å². The van der Waals surface area contributed by atoms with Crippen LogP contribution in [0.5, 0.6) is 5.75 Å². The molecular weight excluding hydrogens is 299 g/mol. The Morgan fingerprint density at radius 3 is 2.43 bits per heavy atom. The number of halogens is 1. The minimum Gasteiger partial charge on any atom is -0.494 e. The van der Waals surface area contributed by atoms with E-state index in [-0.39, 0.29) is 29.9 Å². The van der Waals surface area contributed by atoms with Crippen molar-refractivity contribution >= 4 is 11.8 Å². The average molecular weight is 324 g/mol. The molecule has 0 heterocycles. The smallest absolute Gasteiger partial charge is 0.244 e. The molecule has 0 aromatic heterocycles. The molecule has 0 aliphatic carbocycles. The van der Waals surface area contributed by atoms with Crippen molar-refractivity contribution in [2.45, 2.75) is 32.7 Å². The van der Waals surface area contributed by atoms with Gasteiger partial charge in [0, 0.05) is 14.1 Å². The van der Waals surface area contributed by atoms with Gasteiger partial charge in [0.15, 0.2) is 11.6 Å². The van der Waals surface area contributed by atoms with Gasteiger partial charge in [-0.2, -0.15) is 0 Å². The zero-order valence-electron chi connectivity index (χ0n) is 14.4. The highest BCUT2D eigenvalue weighted by Crippen LogP contribution is 2.18. The highest BCUT2D eigenvalue weighted by molar-refractivity contribution is 5.88. The van der Waals surface area contributed by atoms with Crippen molar-refractivity contribution in [2.75, 3.05) is 21.2 Å². The lowest BCUT2D eigenvalue weighted by molar-refractivity contribution is -0.134. The van der Waals surface area contributed by atoms with Crippen molar-refractivity contribution < 1.29 is 18.7 Å². The molecule has 0 bridgehead atoms. The van der Waals surface area contributed by atoms with Gasteiger partial charge in [0.05, 0.1) is 13.5 Å². The van der Waals surface area contributed by atoms with E-state index in [1.54, 1.807) is 20.2 Å². The number of carbonyl (C=O) groups excluding carboxylic acids is 2. The van der Waals surface area contributed by atoms with Crippen LogP contribution in [0.4, 0.5) is 4.39 Å². The van der Waals surface area contributed by atoms with E-state index in [0.717, 1.165) is 0 Å². The SMILES string of the molecule is COc1ccc(CC(=O)N[C@@H](CC(C)C)C(=O)N(C)C)cc1F. The van der Waals surface area contributed by atoms with E-state index >= 15 is 0 Å². The zero-order chi connectivity index (χ0) is 17.6. The molecule has 0 saturated carbocycles. The summed E-state index contributed by atoms with van der Waals surface area (Å²) in [5.41, 5.74) is 0.529. The second-order valence-corrected chi connectivity index (χ2v) is 6.13. The first-order chi connectivity index (χ1) is 10.7. The Kier molecular flexibility index (Phi) is 7.00. The van der Waals surface area contributed by atoms with Crippen molar-refractivity contribution in [3.05, 3.63) is 29.6 Å². The van der Waals surface area contributed by atoms with E-state index in [4.69, 9.17) is 4.74 Å². The van der Waals surface area contributed by atoms with Gasteiger partial charge in [-0.05, 0) is 30.0 Å². The Balaban J connectivity index is 2.75. The van der Waals surface area contributed by atoms with E-state index < -0.39 is 11.9 Å². The fraction of sp³-hybridized carbons (Fsp3) is 0.529. The molecule has 1 aromatic rings. The first-order valence-electron chi connectivity index (χ1n) is 7.57. The number of likely N-dealkylation sites (N-methyl/N-ethyl adjacent to an activating group) is 1. The van der Waals surface area contributed by atoms with Crippen LogP contribution in [0.1, 0.15) is 25.8 Å². The number of benzene rings is 1. The molecule has 1 N–H and O–H groups in total. The predicted octanol–water partition coefficient (Wildman–Crippen LogP) is 2.00. The fourth-order valence-corrected chi connectivity index (χ4v) is 2.26. The summed E-state index contributed by atoms with van der Waals surface area (Å²) in [4.78, 5) is 25.8. The summed E-state index contributed by atoms with van der Waals surface area (Å²) >= 11 is 0. The zero-order valence-corrected chi connectivity index (χ0v) is 14.4. The lowest BCUT2D eigenvalue weighted by atomic mass is 10.0. The molecule has 0 aliphatic heterocycles. The molecule has 0 radical (unpaired) electrons. The van der Waals surface area contributed by atoms with Gasteiger partial charge < -0.3 is 15.0 Å². The number of hydrogen-bond donors (Lipinski definition) is 1. The molecule has 1 rings (SSSR count). The third-order valence-corrected chi connectivity index (χ3v) is 3.36. The summed E-state index contributed by atoms with van der Waals surface area (Å²) in [6.07, 6.45) is 0.565. The summed E-state index contributed by atoms with van der Waals surface area (Å²) in [5.74, 6) is -0.568. The van der Waals surface area contributed by atoms with Gasteiger partial charge in [0.1, 0.15) is 6.04 Å². The molecule has 6 heteroatoms. The Labute approximate surface area is 136 Å². The van der Waals surface area contributed by atoms with Crippen molar-refractivity contribution in [1.29, 1.82) is 0 Å². The Morgan fingerprint density at radius 2 is 1.96 bits per heavy atom. The van der Waals surface area contributed by atoms with E-state index in [1.807, 2.05) is 13.8 Å². The maximum absolute atomic E-state index is 13.7. The van der Waals surface area contributed by atoms with Gasteiger partial charge in [-0.25, -0.2) is 4.39 Å². The molecule has 0 fully saturated rings. The summed E-state index contributed by atoms with van der Waals surface area (Å²) in [7, 11) is 4.69. The van der Waals surface area contributed by atoms with Crippen LogP contribution in [0.2, 0.25) is 0 Å². The molecule has 1 atom stereocenters. The van der Waals surface area contributed by atoms with Crippen LogP contribution < -0.4 is 10.1 Å². The number of ether oxygens (including phenoxy) is 1. The standard InChI is InChI=1S/C17H25FN2O3/c1-11(2)8-14(17(22)20(3)4)19-16(21)10-12-6-7-15(23-5)13(18)9-12/h6-7,9,11,14H,8,10H2,1-5H3,(H,19,21)/t14-/m0/s1. The molecule has 0 unspecified atom stereocenters. The Bertz CT molecular complexity index is 559. The number of hydrogen-bond acceptors (Lipinski definition) is 3. The molecule has 0 aliphatic rings. The molecule has 23 heavy (non-hydrogen) atoms. The first kappa shape index (κ1) is 18.9. The van der Waals surface area contributed by atoms with Crippen LogP contribution in [0.3, 0.4) is 0 Å². The fourth-order valence-electron chi connectivity index (χ4n) is 2.26. The van der Waals surface area contributed by atoms with Crippen LogP contribution in [0.25, 0.3) is 0 Å². The summed E-state index contributed by atoms with van der Waals surface area (Å²) in [5, 5.41) is 2.74. The van der Waals surface area contributed by atoms with Crippen LogP contribution in [-0.4, -0.2) is 44.0 Å². The highest BCUT2D eigenvalue weighted by Gasteiger charge is 2.23.